The smallest absolute Gasteiger partial charge is 0.346 e. The van der Waals surface area contributed by atoms with Crippen molar-refractivity contribution in [3.63, 3.8) is 0 Å². The summed E-state index contributed by atoms with van der Waals surface area (Å²) in [4.78, 5) is 23.3. The van der Waals surface area contributed by atoms with Gasteiger partial charge in [-0.05, 0) is 44.0 Å². The number of methoxy groups -OCH3 is 1. The number of ether oxygens (including phenoxy) is 2. The number of carbonyl (C=O) groups excluding carboxylic acids is 2. The van der Waals surface area contributed by atoms with Gasteiger partial charge in [0.2, 0.25) is 10.0 Å². The molecular formula is C16H21NO6S. The highest BCUT2D eigenvalue weighted by molar-refractivity contribution is 7.89. The molecule has 0 bridgehead atoms. The maximum atomic E-state index is 12.5. The second-order valence-corrected chi connectivity index (χ2v) is 7.50. The monoisotopic (exact) mass is 355 g/mol. The van der Waals surface area contributed by atoms with Crippen LogP contribution in [0, 0.1) is 0 Å². The van der Waals surface area contributed by atoms with Gasteiger partial charge < -0.3 is 9.47 Å². The molecule has 1 aromatic carbocycles. The fraction of sp³-hybridized carbons (Fsp3) is 0.500. The molecule has 1 heterocycles. The third-order valence-corrected chi connectivity index (χ3v) is 5.77. The zero-order chi connectivity index (χ0) is 17.7. The minimum absolute atomic E-state index is 0.141. The lowest BCUT2D eigenvalue weighted by Crippen LogP contribution is -2.35. The molecular weight excluding hydrogens is 334 g/mol. The Morgan fingerprint density at radius 3 is 2.21 bits per heavy atom. The number of benzene rings is 1. The van der Waals surface area contributed by atoms with Crippen molar-refractivity contribution in [3.05, 3.63) is 29.8 Å². The Kier molecular flexibility index (Phi) is 5.95. The van der Waals surface area contributed by atoms with Crippen molar-refractivity contribution in [3.8, 4) is 0 Å². The van der Waals surface area contributed by atoms with Gasteiger partial charge >= 0.3 is 11.9 Å². The molecule has 7 nitrogen and oxygen atoms in total. The predicted octanol–water partition coefficient (Wildman–Crippen LogP) is 1.58. The van der Waals surface area contributed by atoms with Crippen molar-refractivity contribution < 1.29 is 27.5 Å². The average molecular weight is 355 g/mol. The van der Waals surface area contributed by atoms with Gasteiger partial charge in [-0.2, -0.15) is 4.31 Å². The molecule has 1 unspecified atom stereocenters. The van der Waals surface area contributed by atoms with E-state index >= 15 is 0 Å². The van der Waals surface area contributed by atoms with Gasteiger partial charge in [0.15, 0.2) is 6.10 Å². The van der Waals surface area contributed by atoms with Crippen LogP contribution >= 0.6 is 0 Å². The molecule has 8 heteroatoms. The quantitative estimate of drug-likeness (QED) is 0.745. The second kappa shape index (κ2) is 7.76. The van der Waals surface area contributed by atoms with Gasteiger partial charge in [0.25, 0.3) is 0 Å². The van der Waals surface area contributed by atoms with Gasteiger partial charge in [-0.3, -0.25) is 0 Å². The van der Waals surface area contributed by atoms with Crippen LogP contribution in [0.4, 0.5) is 0 Å². The summed E-state index contributed by atoms with van der Waals surface area (Å²) < 4.78 is 35.9. The molecule has 0 aliphatic carbocycles. The van der Waals surface area contributed by atoms with Gasteiger partial charge in [0, 0.05) is 13.1 Å². The minimum Gasteiger partial charge on any atom is -0.466 e. The SMILES string of the molecule is COC(=O)C(C)OC(=O)c1ccc(S(=O)(=O)N2CCCCC2)cc1. The summed E-state index contributed by atoms with van der Waals surface area (Å²) in [7, 11) is -2.34. The number of hydrogen-bond acceptors (Lipinski definition) is 6. The molecule has 2 rings (SSSR count). The molecule has 1 aliphatic rings. The van der Waals surface area contributed by atoms with Crippen molar-refractivity contribution in [1.82, 2.24) is 4.31 Å². The molecule has 0 radical (unpaired) electrons. The third kappa shape index (κ3) is 4.12. The molecule has 0 amide bonds. The molecule has 1 fully saturated rings. The van der Waals surface area contributed by atoms with Crippen LogP contribution in [-0.4, -0.2) is 51.0 Å². The number of nitrogens with zero attached hydrogens (tertiary/aromatic N) is 1. The first-order chi connectivity index (χ1) is 11.4. The Morgan fingerprint density at radius 2 is 1.67 bits per heavy atom. The van der Waals surface area contributed by atoms with E-state index < -0.39 is 28.1 Å². The molecule has 1 saturated heterocycles. The lowest BCUT2D eigenvalue weighted by Gasteiger charge is -2.25. The highest BCUT2D eigenvalue weighted by atomic mass is 32.2. The fourth-order valence-electron chi connectivity index (χ4n) is 2.46. The molecule has 24 heavy (non-hydrogen) atoms. The van der Waals surface area contributed by atoms with E-state index in [9.17, 15) is 18.0 Å². The van der Waals surface area contributed by atoms with Crippen molar-refractivity contribution in [2.24, 2.45) is 0 Å². The van der Waals surface area contributed by atoms with E-state index in [-0.39, 0.29) is 10.5 Å². The maximum absolute atomic E-state index is 12.5. The average Bonchev–Trinajstić information content (AvgIpc) is 2.61. The first-order valence-corrected chi connectivity index (χ1v) is 9.19. The van der Waals surface area contributed by atoms with Gasteiger partial charge in [-0.15, -0.1) is 0 Å². The van der Waals surface area contributed by atoms with E-state index in [0.717, 1.165) is 19.3 Å². The van der Waals surface area contributed by atoms with E-state index in [1.165, 1.54) is 42.6 Å². The summed E-state index contributed by atoms with van der Waals surface area (Å²) in [6, 6.07) is 5.51. The fourth-order valence-corrected chi connectivity index (χ4v) is 3.98. The molecule has 0 spiro atoms. The normalized spacial score (nSPS) is 17.1. The predicted molar refractivity (Wildman–Crippen MR) is 85.9 cm³/mol. The molecule has 0 saturated carbocycles. The van der Waals surface area contributed by atoms with Crippen molar-refractivity contribution in [2.45, 2.75) is 37.2 Å². The third-order valence-electron chi connectivity index (χ3n) is 3.86. The second-order valence-electron chi connectivity index (χ2n) is 5.56. The number of rotatable bonds is 5. The van der Waals surface area contributed by atoms with Crippen molar-refractivity contribution in [2.75, 3.05) is 20.2 Å². The van der Waals surface area contributed by atoms with Gasteiger partial charge in [0.05, 0.1) is 17.6 Å². The Balaban J connectivity index is 2.09. The molecule has 1 atom stereocenters. The van der Waals surface area contributed by atoms with Gasteiger partial charge in [0.1, 0.15) is 0 Å². The zero-order valence-electron chi connectivity index (χ0n) is 13.7. The number of hydrogen-bond donors (Lipinski definition) is 0. The van der Waals surface area contributed by atoms with Crippen LogP contribution in [0.5, 0.6) is 0 Å². The largest absolute Gasteiger partial charge is 0.466 e. The number of esters is 2. The Hall–Kier alpha value is -1.93. The summed E-state index contributed by atoms with van der Waals surface area (Å²) in [5, 5.41) is 0. The Labute approximate surface area is 141 Å². The van der Waals surface area contributed by atoms with Crippen LogP contribution in [-0.2, 0) is 24.3 Å². The van der Waals surface area contributed by atoms with Gasteiger partial charge in [-0.1, -0.05) is 6.42 Å². The summed E-state index contributed by atoms with van der Waals surface area (Å²) in [6.45, 7) is 2.43. The molecule has 132 valence electrons. The lowest BCUT2D eigenvalue weighted by molar-refractivity contribution is -0.149. The van der Waals surface area contributed by atoms with E-state index in [1.54, 1.807) is 0 Å². The topological polar surface area (TPSA) is 90.0 Å². The van der Waals surface area contributed by atoms with E-state index in [2.05, 4.69) is 4.74 Å². The highest BCUT2D eigenvalue weighted by Crippen LogP contribution is 2.21. The van der Waals surface area contributed by atoms with Crippen LogP contribution in [0.25, 0.3) is 0 Å². The van der Waals surface area contributed by atoms with Crippen molar-refractivity contribution in [1.29, 1.82) is 0 Å². The van der Waals surface area contributed by atoms with Gasteiger partial charge in [-0.25, -0.2) is 18.0 Å². The van der Waals surface area contributed by atoms with Crippen LogP contribution < -0.4 is 0 Å². The lowest BCUT2D eigenvalue weighted by atomic mass is 10.2. The summed E-state index contributed by atoms with van der Waals surface area (Å²) in [5.74, 6) is -1.37. The molecule has 1 aromatic rings. The Bertz CT molecular complexity index is 692. The standard InChI is InChI=1S/C16H21NO6S/c1-12(15(18)22-2)23-16(19)13-6-8-14(9-7-13)24(20,21)17-10-4-3-5-11-17/h6-9,12H,3-5,10-11H2,1-2H3. The van der Waals surface area contributed by atoms with Crippen LogP contribution in [0.15, 0.2) is 29.2 Å². The highest BCUT2D eigenvalue weighted by Gasteiger charge is 2.26. The van der Waals surface area contributed by atoms with Crippen LogP contribution in [0.1, 0.15) is 36.5 Å². The first kappa shape index (κ1) is 18.4. The zero-order valence-corrected chi connectivity index (χ0v) is 14.5. The number of piperidine rings is 1. The number of sulfonamides is 1. The van der Waals surface area contributed by atoms with E-state index in [4.69, 9.17) is 4.74 Å². The molecule has 0 N–H and O–H groups in total. The van der Waals surface area contributed by atoms with E-state index in [1.807, 2.05) is 0 Å². The first-order valence-electron chi connectivity index (χ1n) is 7.75. The molecule has 1 aliphatic heterocycles. The number of carbonyl (C=O) groups is 2. The van der Waals surface area contributed by atoms with Crippen molar-refractivity contribution >= 4 is 22.0 Å². The van der Waals surface area contributed by atoms with Crippen LogP contribution in [0.2, 0.25) is 0 Å². The summed E-state index contributed by atoms with van der Waals surface area (Å²) in [6.07, 6.45) is 1.72. The van der Waals surface area contributed by atoms with Crippen LogP contribution in [0.3, 0.4) is 0 Å². The summed E-state index contributed by atoms with van der Waals surface area (Å²) in [5.41, 5.74) is 0.170. The van der Waals surface area contributed by atoms with E-state index in [0.29, 0.717) is 13.1 Å². The molecule has 0 aromatic heterocycles. The minimum atomic E-state index is -3.54. The maximum Gasteiger partial charge on any atom is 0.346 e. The summed E-state index contributed by atoms with van der Waals surface area (Å²) >= 11 is 0. The Morgan fingerprint density at radius 1 is 1.08 bits per heavy atom.